The van der Waals surface area contributed by atoms with E-state index in [1.54, 1.807) is 120 Å². The van der Waals surface area contributed by atoms with Gasteiger partial charge in [0, 0.05) is 39.9 Å². The summed E-state index contributed by atoms with van der Waals surface area (Å²) in [5, 5.41) is 2.80. The molecule has 0 heterocycles. The van der Waals surface area contributed by atoms with Crippen LogP contribution < -0.4 is 5.32 Å². The fourth-order valence-corrected chi connectivity index (χ4v) is 10.3. The van der Waals surface area contributed by atoms with E-state index < -0.39 is 89.7 Å². The van der Waals surface area contributed by atoms with Gasteiger partial charge in [0.1, 0.15) is 34.6 Å². The Hall–Kier alpha value is -2.62. The number of carbonyl (C=O) groups is 7. The highest BCUT2D eigenvalue weighted by Gasteiger charge is 2.33. The molecule has 1 N–H and O–H groups in total. The van der Waals surface area contributed by atoms with E-state index in [2.05, 4.69) is 50.5 Å². The van der Waals surface area contributed by atoms with Crippen LogP contribution in [0.1, 0.15) is 128 Å². The molecule has 0 aliphatic rings. The summed E-state index contributed by atoms with van der Waals surface area (Å²) in [6.07, 6.45) is -0.901. The molecule has 1 atom stereocenters. The molecule has 0 bridgehead atoms. The summed E-state index contributed by atoms with van der Waals surface area (Å²) >= 11 is 6.20. The molecule has 0 radical (unpaired) electrons. The van der Waals surface area contributed by atoms with Gasteiger partial charge in [0.2, 0.25) is 0 Å². The standard InChI is InChI=1S/C47H76I3N5O13/c1-18-54(19-2)41(61)38-31(48)22-32(49)40(39(38)50)51-42(62)63-29-30(55(27-36(59)67-46(12,13)14)28-37(60)68-47(15,16)17)23-52(24-33(56)64-43(3,4)5)20-21-53(25-34(57)65-44(6,7)8)26-35(58)66-45(9,10)11/h22,30H,18-21,23-29H2,1-17H3,(H,51,62). The van der Waals surface area contributed by atoms with Gasteiger partial charge < -0.3 is 33.3 Å². The zero-order chi connectivity index (χ0) is 52.7. The van der Waals surface area contributed by atoms with Crippen LogP contribution in [0.4, 0.5) is 10.5 Å². The van der Waals surface area contributed by atoms with Crippen molar-refractivity contribution in [3.63, 3.8) is 0 Å². The molecule has 1 rings (SSSR count). The maximum atomic E-state index is 13.9. The van der Waals surface area contributed by atoms with Gasteiger partial charge in [0.05, 0.1) is 53.6 Å². The molecule has 2 amide bonds. The van der Waals surface area contributed by atoms with E-state index in [-0.39, 0.29) is 45.2 Å². The van der Waals surface area contributed by atoms with Gasteiger partial charge in [-0.3, -0.25) is 48.8 Å². The molecular formula is C47H76I3N5O13. The van der Waals surface area contributed by atoms with Crippen LogP contribution in [0.15, 0.2) is 6.07 Å². The summed E-state index contributed by atoms with van der Waals surface area (Å²) in [6.45, 7) is 28.0. The first-order chi connectivity index (χ1) is 30.8. The lowest BCUT2D eigenvalue weighted by atomic mass is 10.1. The summed E-state index contributed by atoms with van der Waals surface area (Å²) in [5.41, 5.74) is -3.53. The van der Waals surface area contributed by atoms with E-state index in [1.165, 1.54) is 9.80 Å². The number of nitrogens with zero attached hydrogens (tertiary/aromatic N) is 4. The Balaban J connectivity index is 3.93. The molecule has 0 spiro atoms. The smallest absolute Gasteiger partial charge is 0.411 e. The minimum absolute atomic E-state index is 0.0165. The third kappa shape index (κ3) is 26.6. The summed E-state index contributed by atoms with van der Waals surface area (Å²) < 4.78 is 36.0. The van der Waals surface area contributed by atoms with Gasteiger partial charge in [0.25, 0.3) is 5.91 Å². The predicted molar refractivity (Wildman–Crippen MR) is 284 cm³/mol. The van der Waals surface area contributed by atoms with Crippen molar-refractivity contribution in [2.75, 3.05) is 77.4 Å². The van der Waals surface area contributed by atoms with E-state index in [0.29, 0.717) is 35.1 Å². The summed E-state index contributed by atoms with van der Waals surface area (Å²) in [6, 6.07) is 0.772. The third-order valence-electron chi connectivity index (χ3n) is 8.61. The van der Waals surface area contributed by atoms with Gasteiger partial charge in [-0.05, 0) is 192 Å². The Morgan fingerprint density at radius 2 is 0.897 bits per heavy atom. The third-order valence-corrected chi connectivity index (χ3v) is 11.4. The molecule has 0 aliphatic heterocycles. The maximum Gasteiger partial charge on any atom is 0.411 e. The zero-order valence-corrected chi connectivity index (χ0v) is 49.6. The first-order valence-electron chi connectivity index (χ1n) is 22.5. The number of hydrogen-bond acceptors (Lipinski definition) is 16. The number of benzene rings is 1. The average Bonchev–Trinajstić information content (AvgIpc) is 3.10. The van der Waals surface area contributed by atoms with Crippen molar-refractivity contribution in [2.24, 2.45) is 0 Å². The Morgan fingerprint density at radius 3 is 1.26 bits per heavy atom. The molecule has 0 aliphatic carbocycles. The second-order valence-corrected chi connectivity index (χ2v) is 24.4. The van der Waals surface area contributed by atoms with Crippen molar-refractivity contribution >= 4 is 115 Å². The topological polar surface area (TPSA) is 200 Å². The minimum Gasteiger partial charge on any atom is -0.459 e. The van der Waals surface area contributed by atoms with E-state index in [9.17, 15) is 33.6 Å². The highest BCUT2D eigenvalue weighted by molar-refractivity contribution is 14.1. The lowest BCUT2D eigenvalue weighted by Crippen LogP contribution is -2.54. The van der Waals surface area contributed by atoms with Crippen molar-refractivity contribution in [2.45, 2.75) is 152 Å². The van der Waals surface area contributed by atoms with Crippen LogP contribution >= 0.6 is 67.8 Å². The summed E-state index contributed by atoms with van der Waals surface area (Å²) in [4.78, 5) is 101. The van der Waals surface area contributed by atoms with Crippen molar-refractivity contribution in [1.82, 2.24) is 19.6 Å². The molecule has 18 nitrogen and oxygen atoms in total. The number of amides is 2. The number of halogens is 3. The minimum atomic E-state index is -1.01. The molecule has 21 heteroatoms. The van der Waals surface area contributed by atoms with Gasteiger partial charge in [0.15, 0.2) is 0 Å². The van der Waals surface area contributed by atoms with Crippen molar-refractivity contribution in [3.8, 4) is 0 Å². The monoisotopic (exact) mass is 1300 g/mol. The number of esters is 5. The fraction of sp³-hybridized carbons (Fsp3) is 0.723. The number of anilines is 1. The quantitative estimate of drug-likeness (QED) is 0.0679. The number of hydrogen-bond donors (Lipinski definition) is 1. The molecule has 0 aromatic heterocycles. The number of carbonyl (C=O) groups excluding carboxylic acids is 7. The normalized spacial score (nSPS) is 12.9. The first kappa shape index (κ1) is 63.4. The largest absolute Gasteiger partial charge is 0.459 e. The fourth-order valence-electron chi connectivity index (χ4n) is 6.25. The number of rotatable bonds is 22. The molecule has 68 heavy (non-hydrogen) atoms. The van der Waals surface area contributed by atoms with Crippen LogP contribution in [0.3, 0.4) is 0 Å². The van der Waals surface area contributed by atoms with Gasteiger partial charge in [-0.1, -0.05) is 0 Å². The molecular weight excluding hydrogens is 1220 g/mol. The van der Waals surface area contributed by atoms with Gasteiger partial charge in [-0.2, -0.15) is 0 Å². The average molecular weight is 1300 g/mol. The zero-order valence-electron chi connectivity index (χ0n) is 43.2. The first-order valence-corrected chi connectivity index (χ1v) is 25.7. The van der Waals surface area contributed by atoms with Gasteiger partial charge in [-0.15, -0.1) is 0 Å². The lowest BCUT2D eigenvalue weighted by Gasteiger charge is -2.36. The van der Waals surface area contributed by atoms with E-state index in [4.69, 9.17) is 28.4 Å². The van der Waals surface area contributed by atoms with Crippen LogP contribution in [0.25, 0.3) is 0 Å². The molecule has 0 saturated carbocycles. The number of nitrogens with one attached hydrogen (secondary N) is 1. The highest BCUT2D eigenvalue weighted by Crippen LogP contribution is 2.33. The van der Waals surface area contributed by atoms with Gasteiger partial charge >= 0.3 is 35.9 Å². The van der Waals surface area contributed by atoms with E-state index in [0.717, 1.165) is 0 Å². The van der Waals surface area contributed by atoms with Crippen LogP contribution in [-0.4, -0.2) is 168 Å². The van der Waals surface area contributed by atoms with Crippen LogP contribution in [0.2, 0.25) is 0 Å². The maximum absolute atomic E-state index is 13.9. The molecule has 1 aromatic carbocycles. The predicted octanol–water partition coefficient (Wildman–Crippen LogP) is 7.51. The molecule has 1 unspecified atom stereocenters. The van der Waals surface area contributed by atoms with Gasteiger partial charge in [-0.25, -0.2) is 4.79 Å². The number of ether oxygens (including phenoxy) is 6. The Morgan fingerprint density at radius 1 is 0.544 bits per heavy atom. The summed E-state index contributed by atoms with van der Waals surface area (Å²) in [7, 11) is 0. The molecule has 0 fully saturated rings. The van der Waals surface area contributed by atoms with E-state index in [1.807, 2.05) is 36.4 Å². The van der Waals surface area contributed by atoms with Crippen molar-refractivity contribution < 1.29 is 62.0 Å². The van der Waals surface area contributed by atoms with E-state index >= 15 is 0 Å². The Bertz CT molecular complexity index is 1850. The van der Waals surface area contributed by atoms with Crippen molar-refractivity contribution in [3.05, 3.63) is 22.3 Å². The Labute approximate surface area is 445 Å². The summed E-state index contributed by atoms with van der Waals surface area (Å²) in [5.74, 6) is -3.39. The van der Waals surface area contributed by atoms with Crippen LogP contribution in [0.5, 0.6) is 0 Å². The Kier molecular flexibility index (Phi) is 25.4. The van der Waals surface area contributed by atoms with Crippen LogP contribution in [-0.2, 0) is 52.4 Å². The molecule has 1 aromatic rings. The van der Waals surface area contributed by atoms with Crippen LogP contribution in [0, 0.1) is 10.7 Å². The SMILES string of the molecule is CCN(CC)C(=O)c1c(I)cc(I)c(NC(=O)OCC(CN(CCN(CC(=O)OC(C)(C)C)CC(=O)OC(C)(C)C)CC(=O)OC(C)(C)C)N(CC(=O)OC(C)(C)C)CC(=O)OC(C)(C)C)c1I. The second kappa shape index (κ2) is 27.3. The second-order valence-electron chi connectivity index (χ2n) is 21.0. The highest BCUT2D eigenvalue weighted by atomic mass is 127. The molecule has 388 valence electrons. The lowest BCUT2D eigenvalue weighted by molar-refractivity contribution is -0.163. The van der Waals surface area contributed by atoms with Crippen molar-refractivity contribution in [1.29, 1.82) is 0 Å². The molecule has 0 saturated heterocycles.